The van der Waals surface area contributed by atoms with Crippen LogP contribution in [0.3, 0.4) is 0 Å². The molecule has 0 amide bonds. The van der Waals surface area contributed by atoms with Crippen molar-refractivity contribution in [1.82, 2.24) is 5.32 Å². The second kappa shape index (κ2) is 6.89. The Hall–Kier alpha value is -0.240. The Kier molecular flexibility index (Phi) is 5.62. The van der Waals surface area contributed by atoms with Gasteiger partial charge in [0.2, 0.25) is 0 Å². The summed E-state index contributed by atoms with van der Waals surface area (Å²) < 4.78 is 0. The van der Waals surface area contributed by atoms with Crippen LogP contribution in [0.5, 0.6) is 0 Å². The molecule has 3 heteroatoms. The largest absolute Gasteiger partial charge is 0.316 e. The van der Waals surface area contributed by atoms with E-state index in [1.165, 1.54) is 25.7 Å². The van der Waals surface area contributed by atoms with Crippen molar-refractivity contribution < 1.29 is 0 Å². The van der Waals surface area contributed by atoms with Crippen LogP contribution in [-0.2, 0) is 5.41 Å². The molecule has 1 aromatic rings. The van der Waals surface area contributed by atoms with E-state index in [-0.39, 0.29) is 5.41 Å². The average Bonchev–Trinajstić information content (AvgIpc) is 2.43. The fraction of sp³-hybridized carbons (Fsp3) is 0.667. The molecule has 0 unspecified atom stereocenters. The third-order valence-electron chi connectivity index (χ3n) is 5.31. The van der Waals surface area contributed by atoms with E-state index in [1.807, 2.05) is 18.2 Å². The van der Waals surface area contributed by atoms with Crippen LogP contribution in [0.25, 0.3) is 0 Å². The van der Waals surface area contributed by atoms with Crippen LogP contribution in [0.1, 0.15) is 58.4 Å². The van der Waals surface area contributed by atoms with Crippen LogP contribution in [0.2, 0.25) is 10.0 Å². The van der Waals surface area contributed by atoms with Gasteiger partial charge in [0, 0.05) is 22.0 Å². The van der Waals surface area contributed by atoms with Crippen LogP contribution >= 0.6 is 23.2 Å². The highest BCUT2D eigenvalue weighted by molar-refractivity contribution is 6.36. The number of hydrogen-bond donors (Lipinski definition) is 1. The highest BCUT2D eigenvalue weighted by atomic mass is 35.5. The molecule has 1 saturated carbocycles. The highest BCUT2D eigenvalue weighted by Crippen LogP contribution is 2.61. The predicted molar refractivity (Wildman–Crippen MR) is 93.5 cm³/mol. The van der Waals surface area contributed by atoms with Gasteiger partial charge in [0.05, 0.1) is 0 Å². The molecule has 0 spiro atoms. The van der Waals surface area contributed by atoms with Crippen molar-refractivity contribution in [3.63, 3.8) is 0 Å². The molecule has 1 fully saturated rings. The lowest BCUT2D eigenvalue weighted by atomic mass is 9.48. The smallest absolute Gasteiger partial charge is 0.0459 e. The van der Waals surface area contributed by atoms with Gasteiger partial charge in [0.15, 0.2) is 0 Å². The van der Waals surface area contributed by atoms with Gasteiger partial charge in [-0.2, -0.15) is 0 Å². The Morgan fingerprint density at radius 1 is 1.05 bits per heavy atom. The van der Waals surface area contributed by atoms with Crippen molar-refractivity contribution in [3.05, 3.63) is 33.8 Å². The maximum absolute atomic E-state index is 6.51. The third-order valence-corrected chi connectivity index (χ3v) is 5.94. The van der Waals surface area contributed by atoms with Crippen LogP contribution in [0.15, 0.2) is 18.2 Å². The maximum Gasteiger partial charge on any atom is 0.0459 e. The van der Waals surface area contributed by atoms with E-state index < -0.39 is 0 Å². The Morgan fingerprint density at radius 2 is 1.62 bits per heavy atom. The molecule has 0 aliphatic heterocycles. The van der Waals surface area contributed by atoms with Crippen LogP contribution in [0.4, 0.5) is 0 Å². The molecule has 0 atom stereocenters. The monoisotopic (exact) mass is 327 g/mol. The van der Waals surface area contributed by atoms with Crippen molar-refractivity contribution in [2.24, 2.45) is 5.41 Å². The number of rotatable bonds is 7. The summed E-state index contributed by atoms with van der Waals surface area (Å²) in [4.78, 5) is 0. The third kappa shape index (κ3) is 3.25. The summed E-state index contributed by atoms with van der Waals surface area (Å²) in [6.45, 7) is 8.84. The zero-order valence-corrected chi connectivity index (χ0v) is 14.9. The first-order chi connectivity index (χ1) is 10.0. The minimum atomic E-state index is 0.108. The Morgan fingerprint density at radius 3 is 2.10 bits per heavy atom. The van der Waals surface area contributed by atoms with Crippen LogP contribution < -0.4 is 5.32 Å². The lowest BCUT2D eigenvalue weighted by molar-refractivity contribution is 0.0131. The van der Waals surface area contributed by atoms with Crippen molar-refractivity contribution in [1.29, 1.82) is 0 Å². The zero-order valence-electron chi connectivity index (χ0n) is 13.4. The molecule has 1 N–H and O–H groups in total. The van der Waals surface area contributed by atoms with Gasteiger partial charge < -0.3 is 5.32 Å². The molecule has 0 aromatic heterocycles. The quantitative estimate of drug-likeness (QED) is 0.621. The molecule has 0 bridgehead atoms. The van der Waals surface area contributed by atoms with Gasteiger partial charge in [-0.15, -0.1) is 0 Å². The minimum Gasteiger partial charge on any atom is -0.316 e. The number of nitrogens with one attached hydrogen (secondary N) is 1. The minimum absolute atomic E-state index is 0.108. The summed E-state index contributed by atoms with van der Waals surface area (Å²) >= 11 is 13.0. The van der Waals surface area contributed by atoms with Crippen molar-refractivity contribution >= 4 is 23.2 Å². The first-order valence-corrected chi connectivity index (χ1v) is 8.93. The fourth-order valence-corrected chi connectivity index (χ4v) is 4.83. The van der Waals surface area contributed by atoms with Gasteiger partial charge in [0.25, 0.3) is 0 Å². The Bertz CT molecular complexity index is 452. The second-order valence-electron chi connectivity index (χ2n) is 6.61. The normalized spacial score (nSPS) is 19.3. The number of halogens is 2. The van der Waals surface area contributed by atoms with E-state index in [0.717, 1.165) is 35.1 Å². The van der Waals surface area contributed by atoms with Gasteiger partial charge >= 0.3 is 0 Å². The van der Waals surface area contributed by atoms with Crippen molar-refractivity contribution in [3.8, 4) is 0 Å². The molecule has 1 nitrogen and oxygen atoms in total. The molecular weight excluding hydrogens is 301 g/mol. The van der Waals surface area contributed by atoms with Crippen LogP contribution in [0, 0.1) is 5.41 Å². The van der Waals surface area contributed by atoms with Crippen molar-refractivity contribution in [2.45, 2.75) is 58.3 Å². The van der Waals surface area contributed by atoms with Gasteiger partial charge in [-0.3, -0.25) is 0 Å². The molecule has 1 aliphatic rings. The van der Waals surface area contributed by atoms with Crippen LogP contribution in [-0.4, -0.2) is 13.1 Å². The van der Waals surface area contributed by atoms with E-state index in [4.69, 9.17) is 23.2 Å². The zero-order chi connectivity index (χ0) is 15.5. The summed E-state index contributed by atoms with van der Waals surface area (Å²) in [6.07, 6.45) is 6.00. The summed E-state index contributed by atoms with van der Waals surface area (Å²) in [5.74, 6) is 0. The summed E-state index contributed by atoms with van der Waals surface area (Å²) in [5.41, 5.74) is 1.74. The average molecular weight is 328 g/mol. The number of hydrogen-bond acceptors (Lipinski definition) is 1. The molecule has 21 heavy (non-hydrogen) atoms. The highest BCUT2D eigenvalue weighted by Gasteiger charge is 2.54. The number of benzene rings is 1. The topological polar surface area (TPSA) is 12.0 Å². The van der Waals surface area contributed by atoms with Crippen molar-refractivity contribution in [2.75, 3.05) is 13.1 Å². The molecular formula is C18H27Cl2N. The first-order valence-electron chi connectivity index (χ1n) is 8.18. The lowest BCUT2D eigenvalue weighted by Gasteiger charge is -2.57. The Labute approximate surface area is 139 Å². The SMILES string of the molecule is CCCNCC1(c2c(Cl)cccc2Cl)CC(CC)(CC)C1. The second-order valence-corrected chi connectivity index (χ2v) is 7.43. The van der Waals surface area contributed by atoms with Gasteiger partial charge in [-0.05, 0) is 48.9 Å². The molecule has 2 rings (SSSR count). The fourth-order valence-electron chi connectivity index (χ4n) is 4.03. The van der Waals surface area contributed by atoms with Gasteiger partial charge in [0.1, 0.15) is 0 Å². The van der Waals surface area contributed by atoms with E-state index >= 15 is 0 Å². The summed E-state index contributed by atoms with van der Waals surface area (Å²) in [5, 5.41) is 5.24. The first kappa shape index (κ1) is 17.1. The van der Waals surface area contributed by atoms with E-state index in [0.29, 0.717) is 5.41 Å². The molecule has 0 saturated heterocycles. The lowest BCUT2D eigenvalue weighted by Crippen LogP contribution is -2.54. The van der Waals surface area contributed by atoms with Gasteiger partial charge in [-0.25, -0.2) is 0 Å². The summed E-state index contributed by atoms with van der Waals surface area (Å²) in [6, 6.07) is 5.89. The molecule has 1 aromatic carbocycles. The molecule has 0 radical (unpaired) electrons. The summed E-state index contributed by atoms with van der Waals surface area (Å²) in [7, 11) is 0. The Balaban J connectivity index is 2.30. The molecule has 0 heterocycles. The standard InChI is InChI=1S/C18H27Cl2N/c1-4-10-21-13-18(11-17(5-2,6-3)12-18)16-14(19)8-7-9-15(16)20/h7-9,21H,4-6,10-13H2,1-3H3. The predicted octanol–water partition coefficient (Wildman–Crippen LogP) is 5.83. The van der Waals surface area contributed by atoms with E-state index in [9.17, 15) is 0 Å². The van der Waals surface area contributed by atoms with E-state index in [2.05, 4.69) is 26.1 Å². The molecule has 1 aliphatic carbocycles. The molecule has 118 valence electrons. The van der Waals surface area contributed by atoms with Gasteiger partial charge in [-0.1, -0.05) is 62.9 Å². The maximum atomic E-state index is 6.51. The van der Waals surface area contributed by atoms with E-state index in [1.54, 1.807) is 0 Å².